The van der Waals surface area contributed by atoms with Crippen molar-refractivity contribution >= 4 is 28.7 Å². The molecular formula is C27H38N2O6. The minimum Gasteiger partial charge on any atom is -0.466 e. The topological polar surface area (TPSA) is 117 Å². The Kier molecular flexibility index (Phi) is 10.5. The van der Waals surface area contributed by atoms with Crippen molar-refractivity contribution in [2.75, 3.05) is 6.61 Å². The molecule has 8 nitrogen and oxygen atoms in total. The van der Waals surface area contributed by atoms with E-state index in [1.54, 1.807) is 27.7 Å². The number of nitrogens with one attached hydrogen (secondary N) is 1. The molecule has 2 unspecified atom stereocenters. The minimum atomic E-state index is -0.636. The maximum absolute atomic E-state index is 12.3. The van der Waals surface area contributed by atoms with Crippen LogP contribution in [-0.2, 0) is 36.8 Å². The lowest BCUT2D eigenvalue weighted by molar-refractivity contribution is -0.143. The molecule has 0 aliphatic carbocycles. The number of alkyl carbamates (subject to hydrolysis) is 1. The first kappa shape index (κ1) is 28.1. The molecule has 0 spiro atoms. The van der Waals surface area contributed by atoms with Crippen LogP contribution >= 0.6 is 0 Å². The molecule has 0 radical (unpaired) electrons. The summed E-state index contributed by atoms with van der Waals surface area (Å²) in [5, 5.41) is 4.94. The third-order valence-corrected chi connectivity index (χ3v) is 5.42. The first-order valence-electron chi connectivity index (χ1n) is 12.0. The van der Waals surface area contributed by atoms with Gasteiger partial charge >= 0.3 is 12.1 Å². The number of rotatable bonds is 12. The zero-order valence-corrected chi connectivity index (χ0v) is 21.4. The Morgan fingerprint density at radius 3 is 2.49 bits per heavy atom. The average molecular weight is 487 g/mol. The second-order valence-electron chi connectivity index (χ2n) is 9.55. The van der Waals surface area contributed by atoms with Gasteiger partial charge in [-0.2, -0.15) is 0 Å². The fraction of sp³-hybridized carbons (Fsp3) is 0.519. The zero-order chi connectivity index (χ0) is 26.0. The smallest absolute Gasteiger partial charge is 0.407 e. The molecule has 0 saturated heterocycles. The molecule has 0 fully saturated rings. The van der Waals surface area contributed by atoms with E-state index in [2.05, 4.69) is 11.4 Å². The van der Waals surface area contributed by atoms with Crippen LogP contribution in [-0.4, -0.2) is 42.3 Å². The number of fused-ring (bicyclic) bond motifs is 1. The Balaban J connectivity index is 2.05. The predicted octanol–water partition coefficient (Wildman–Crippen LogP) is 4.40. The Hall–Kier alpha value is -3.13. The van der Waals surface area contributed by atoms with Crippen LogP contribution in [0.25, 0.3) is 10.8 Å². The summed E-state index contributed by atoms with van der Waals surface area (Å²) in [6.07, 6.45) is 0.473. The molecule has 2 aromatic rings. The molecule has 0 heterocycles. The number of hydrogen-bond acceptors (Lipinski definition) is 6. The highest BCUT2D eigenvalue weighted by Crippen LogP contribution is 2.23. The third-order valence-electron chi connectivity index (χ3n) is 5.42. The van der Waals surface area contributed by atoms with Gasteiger partial charge in [0.05, 0.1) is 25.4 Å². The highest BCUT2D eigenvalue weighted by atomic mass is 16.6. The molecule has 2 atom stereocenters. The molecule has 192 valence electrons. The van der Waals surface area contributed by atoms with Crippen LogP contribution in [0.4, 0.5) is 4.79 Å². The quantitative estimate of drug-likeness (QED) is 0.430. The summed E-state index contributed by atoms with van der Waals surface area (Å²) in [5.41, 5.74) is 6.73. The standard InChI is InChI=1S/C27H38N2O6/c1-6-33-25(31)15-11-20-8-7-9-21-16-19(10-12-22(20)21)17-34-18(2)23(13-14-24(28)30)29-26(32)35-27(3,4)5/h7-10,12,16,18,23H,6,11,13-15,17H2,1-5H3,(H2,28,30)(H,29,32). The first-order chi connectivity index (χ1) is 16.5. The average Bonchev–Trinajstić information content (AvgIpc) is 2.77. The second kappa shape index (κ2) is 13.1. The van der Waals surface area contributed by atoms with Gasteiger partial charge in [0.2, 0.25) is 5.91 Å². The first-order valence-corrected chi connectivity index (χ1v) is 12.0. The normalized spacial score (nSPS) is 13.2. The van der Waals surface area contributed by atoms with E-state index in [0.717, 1.165) is 21.9 Å². The lowest BCUT2D eigenvalue weighted by atomic mass is 9.99. The molecule has 0 aliphatic heterocycles. The lowest BCUT2D eigenvalue weighted by Gasteiger charge is -2.27. The van der Waals surface area contributed by atoms with Crippen LogP contribution in [0.15, 0.2) is 36.4 Å². The number of ether oxygens (including phenoxy) is 3. The minimum absolute atomic E-state index is 0.124. The van der Waals surface area contributed by atoms with Gasteiger partial charge in [-0.25, -0.2) is 4.79 Å². The molecular weight excluding hydrogens is 448 g/mol. The van der Waals surface area contributed by atoms with Gasteiger partial charge in [0, 0.05) is 12.8 Å². The van der Waals surface area contributed by atoms with Crippen LogP contribution in [0.2, 0.25) is 0 Å². The molecule has 0 saturated carbocycles. The molecule has 0 aromatic heterocycles. The maximum atomic E-state index is 12.3. The van der Waals surface area contributed by atoms with Gasteiger partial charge in [-0.3, -0.25) is 9.59 Å². The Labute approximate surface area is 207 Å². The summed E-state index contributed by atoms with van der Waals surface area (Å²) in [6.45, 7) is 9.71. The van der Waals surface area contributed by atoms with E-state index < -0.39 is 23.6 Å². The highest BCUT2D eigenvalue weighted by Gasteiger charge is 2.24. The molecule has 8 heteroatoms. The molecule has 2 amide bonds. The van der Waals surface area contributed by atoms with E-state index in [1.807, 2.05) is 37.3 Å². The van der Waals surface area contributed by atoms with Crippen molar-refractivity contribution in [1.82, 2.24) is 5.32 Å². The molecule has 3 N–H and O–H groups in total. The van der Waals surface area contributed by atoms with Gasteiger partial charge in [0.25, 0.3) is 0 Å². The van der Waals surface area contributed by atoms with Crippen molar-refractivity contribution < 1.29 is 28.6 Å². The molecule has 0 bridgehead atoms. The molecule has 0 aliphatic rings. The highest BCUT2D eigenvalue weighted by molar-refractivity contribution is 5.86. The van der Waals surface area contributed by atoms with Gasteiger partial charge in [-0.15, -0.1) is 0 Å². The van der Waals surface area contributed by atoms with Crippen LogP contribution in [0.1, 0.15) is 65.0 Å². The number of carbonyl (C=O) groups excluding carboxylic acids is 3. The maximum Gasteiger partial charge on any atom is 0.407 e. The molecule has 35 heavy (non-hydrogen) atoms. The number of nitrogens with two attached hydrogens (primary N) is 1. The van der Waals surface area contributed by atoms with E-state index in [0.29, 0.717) is 32.5 Å². The second-order valence-corrected chi connectivity index (χ2v) is 9.55. The lowest BCUT2D eigenvalue weighted by Crippen LogP contribution is -2.45. The van der Waals surface area contributed by atoms with E-state index in [4.69, 9.17) is 19.9 Å². The van der Waals surface area contributed by atoms with Gasteiger partial charge in [-0.05, 0) is 75.4 Å². The number of primary amides is 1. The molecule has 2 aromatic carbocycles. The van der Waals surface area contributed by atoms with E-state index >= 15 is 0 Å². The summed E-state index contributed by atoms with van der Waals surface area (Å²) in [7, 11) is 0. The molecule has 2 rings (SSSR count). The summed E-state index contributed by atoms with van der Waals surface area (Å²) >= 11 is 0. The fourth-order valence-electron chi connectivity index (χ4n) is 3.70. The number of hydrogen-bond donors (Lipinski definition) is 2. The Bertz CT molecular complexity index is 1010. The van der Waals surface area contributed by atoms with Crippen molar-refractivity contribution in [3.63, 3.8) is 0 Å². The van der Waals surface area contributed by atoms with Gasteiger partial charge < -0.3 is 25.3 Å². The number of aryl methyl sites for hydroxylation is 1. The summed E-state index contributed by atoms with van der Waals surface area (Å²) in [4.78, 5) is 35.3. The number of benzene rings is 2. The fourth-order valence-corrected chi connectivity index (χ4v) is 3.70. The van der Waals surface area contributed by atoms with Crippen LogP contribution in [0, 0.1) is 0 Å². The predicted molar refractivity (Wildman–Crippen MR) is 135 cm³/mol. The van der Waals surface area contributed by atoms with Crippen molar-refractivity contribution in [2.24, 2.45) is 5.73 Å². The monoisotopic (exact) mass is 486 g/mol. The SMILES string of the molecule is CCOC(=O)CCc1cccc2cc(COC(C)C(CCC(N)=O)NC(=O)OC(C)(C)C)ccc12. The van der Waals surface area contributed by atoms with Crippen molar-refractivity contribution in [2.45, 2.75) is 84.7 Å². The van der Waals surface area contributed by atoms with E-state index in [9.17, 15) is 14.4 Å². The van der Waals surface area contributed by atoms with Crippen molar-refractivity contribution in [3.05, 3.63) is 47.5 Å². The zero-order valence-electron chi connectivity index (χ0n) is 21.4. The summed E-state index contributed by atoms with van der Waals surface area (Å²) in [6, 6.07) is 11.6. The van der Waals surface area contributed by atoms with Crippen LogP contribution in [0.5, 0.6) is 0 Å². The van der Waals surface area contributed by atoms with Crippen molar-refractivity contribution in [1.29, 1.82) is 0 Å². The number of esters is 1. The Morgan fingerprint density at radius 2 is 1.83 bits per heavy atom. The van der Waals surface area contributed by atoms with Gasteiger partial charge in [-0.1, -0.05) is 30.3 Å². The van der Waals surface area contributed by atoms with Crippen LogP contribution < -0.4 is 11.1 Å². The van der Waals surface area contributed by atoms with Gasteiger partial charge in [0.1, 0.15) is 5.60 Å². The Morgan fingerprint density at radius 1 is 1.09 bits per heavy atom. The largest absolute Gasteiger partial charge is 0.466 e. The van der Waals surface area contributed by atoms with E-state index in [-0.39, 0.29) is 18.5 Å². The van der Waals surface area contributed by atoms with Gasteiger partial charge in [0.15, 0.2) is 0 Å². The summed E-state index contributed by atoms with van der Waals surface area (Å²) < 4.78 is 16.4. The summed E-state index contributed by atoms with van der Waals surface area (Å²) in [5.74, 6) is -0.643. The third kappa shape index (κ3) is 9.94. The number of carbonyl (C=O) groups is 3. The van der Waals surface area contributed by atoms with Crippen LogP contribution in [0.3, 0.4) is 0 Å². The number of amides is 2. The van der Waals surface area contributed by atoms with E-state index in [1.165, 1.54) is 0 Å². The van der Waals surface area contributed by atoms with Crippen molar-refractivity contribution in [3.8, 4) is 0 Å².